The van der Waals surface area contributed by atoms with E-state index in [1.807, 2.05) is 6.92 Å². The average molecular weight is 709 g/mol. The molecule has 0 rings (SSSR count). The summed E-state index contributed by atoms with van der Waals surface area (Å²) in [5.41, 5.74) is 0. The number of phosphoric acid groups is 1. The highest BCUT2D eigenvalue weighted by molar-refractivity contribution is 7.47. The van der Waals surface area contributed by atoms with E-state index in [1.54, 1.807) is 0 Å². The number of esters is 2. The molecule has 0 heterocycles. The van der Waals surface area contributed by atoms with Crippen molar-refractivity contribution < 1.29 is 47.8 Å². The molecule has 0 bridgehead atoms. The molecule has 0 saturated heterocycles. The number of phosphoric ester groups is 1. The molecule has 0 aromatic rings. The van der Waals surface area contributed by atoms with Crippen LogP contribution >= 0.6 is 7.82 Å². The van der Waals surface area contributed by atoms with Crippen molar-refractivity contribution in [1.29, 1.82) is 0 Å². The summed E-state index contributed by atoms with van der Waals surface area (Å²) in [5.74, 6) is -0.943. The van der Waals surface area contributed by atoms with E-state index in [4.69, 9.17) is 19.1 Å². The molecule has 286 valence electrons. The van der Waals surface area contributed by atoms with Crippen molar-refractivity contribution in [3.05, 3.63) is 0 Å². The summed E-state index contributed by atoms with van der Waals surface area (Å²) in [7, 11) is -4.59. The molecule has 3 N–H and O–H groups in total. The Kier molecular flexibility index (Phi) is 33.7. The Hall–Kier alpha value is -1.03. The van der Waals surface area contributed by atoms with Crippen LogP contribution in [0.25, 0.3) is 0 Å². The molecule has 0 aliphatic heterocycles. The normalized spacial score (nSPS) is 14.0. The zero-order valence-corrected chi connectivity index (χ0v) is 31.6. The van der Waals surface area contributed by atoms with Crippen molar-refractivity contribution in [2.75, 3.05) is 26.4 Å². The number of carbonyl (C=O) groups excluding carboxylic acids is 2. The van der Waals surface area contributed by atoms with Gasteiger partial charge in [0.25, 0.3) is 0 Å². The van der Waals surface area contributed by atoms with Crippen molar-refractivity contribution in [3.8, 4) is 0 Å². The highest BCUT2D eigenvalue weighted by atomic mass is 31.2. The molecule has 0 aromatic heterocycles. The minimum atomic E-state index is -4.59. The van der Waals surface area contributed by atoms with E-state index < -0.39 is 51.8 Å². The lowest BCUT2D eigenvalue weighted by Gasteiger charge is -2.20. The quantitative estimate of drug-likeness (QED) is 0.0324. The van der Waals surface area contributed by atoms with Crippen molar-refractivity contribution >= 4 is 19.8 Å². The van der Waals surface area contributed by atoms with Crippen LogP contribution < -0.4 is 0 Å². The van der Waals surface area contributed by atoms with Crippen molar-refractivity contribution in [3.63, 3.8) is 0 Å². The molecule has 10 nitrogen and oxygen atoms in total. The van der Waals surface area contributed by atoms with Gasteiger partial charge in [-0.05, 0) is 12.8 Å². The smallest absolute Gasteiger partial charge is 0.462 e. The molecule has 0 aliphatic rings. The summed E-state index contributed by atoms with van der Waals surface area (Å²) in [4.78, 5) is 34.3. The van der Waals surface area contributed by atoms with E-state index >= 15 is 0 Å². The van der Waals surface area contributed by atoms with Gasteiger partial charge in [-0.3, -0.25) is 18.6 Å². The fourth-order valence-electron chi connectivity index (χ4n) is 5.46. The zero-order chi connectivity index (χ0) is 35.6. The second-order valence-corrected chi connectivity index (χ2v) is 14.8. The topological polar surface area (TPSA) is 149 Å². The minimum absolute atomic E-state index is 0.191. The van der Waals surface area contributed by atoms with Crippen molar-refractivity contribution in [1.82, 2.24) is 0 Å². The first-order valence-electron chi connectivity index (χ1n) is 19.5. The lowest BCUT2D eigenvalue weighted by molar-refractivity contribution is -0.161. The zero-order valence-electron chi connectivity index (χ0n) is 30.7. The summed E-state index contributed by atoms with van der Waals surface area (Å²) in [5, 5.41) is 18.2. The van der Waals surface area contributed by atoms with E-state index in [-0.39, 0.29) is 19.4 Å². The van der Waals surface area contributed by atoms with Crippen LogP contribution in [0.5, 0.6) is 0 Å². The van der Waals surface area contributed by atoms with Crippen molar-refractivity contribution in [2.45, 2.75) is 199 Å². The van der Waals surface area contributed by atoms with Gasteiger partial charge < -0.3 is 24.6 Å². The molecule has 0 aromatic carbocycles. The third-order valence-electron chi connectivity index (χ3n) is 8.51. The maximum absolute atomic E-state index is 12.5. The first-order chi connectivity index (χ1) is 23.2. The van der Waals surface area contributed by atoms with Crippen LogP contribution in [0.3, 0.4) is 0 Å². The van der Waals surface area contributed by atoms with Crippen LogP contribution in [-0.4, -0.2) is 65.7 Å². The van der Waals surface area contributed by atoms with Gasteiger partial charge in [0.15, 0.2) is 6.10 Å². The van der Waals surface area contributed by atoms with Crippen LogP contribution in [0.15, 0.2) is 0 Å². The maximum atomic E-state index is 12.5. The molecule has 0 fully saturated rings. The fourth-order valence-corrected chi connectivity index (χ4v) is 6.25. The maximum Gasteiger partial charge on any atom is 0.472 e. The Morgan fingerprint density at radius 1 is 0.542 bits per heavy atom. The molecular weight excluding hydrogens is 635 g/mol. The van der Waals surface area contributed by atoms with Gasteiger partial charge in [-0.1, -0.05) is 162 Å². The first kappa shape index (κ1) is 47.0. The molecular formula is C37H73O10P. The molecule has 11 heteroatoms. The number of rotatable bonds is 37. The van der Waals surface area contributed by atoms with E-state index in [0.29, 0.717) is 12.8 Å². The first-order valence-corrected chi connectivity index (χ1v) is 21.0. The molecule has 0 spiro atoms. The third kappa shape index (κ3) is 33.5. The highest BCUT2D eigenvalue weighted by Crippen LogP contribution is 2.43. The Morgan fingerprint density at radius 3 is 1.33 bits per heavy atom. The van der Waals surface area contributed by atoms with Gasteiger partial charge >= 0.3 is 19.8 Å². The summed E-state index contributed by atoms with van der Waals surface area (Å²) in [6.07, 6.45) is 29.0. The Bertz CT molecular complexity index is 781. The molecule has 3 unspecified atom stereocenters. The lowest BCUT2D eigenvalue weighted by Crippen LogP contribution is -2.29. The van der Waals surface area contributed by atoms with Crippen LogP contribution in [-0.2, 0) is 32.7 Å². The third-order valence-corrected chi connectivity index (χ3v) is 9.46. The van der Waals surface area contributed by atoms with Gasteiger partial charge in [-0.25, -0.2) is 4.57 Å². The van der Waals surface area contributed by atoms with Gasteiger partial charge in [0.2, 0.25) is 0 Å². The van der Waals surface area contributed by atoms with Crippen LogP contribution in [0.2, 0.25) is 0 Å². The van der Waals surface area contributed by atoms with E-state index in [9.17, 15) is 24.2 Å². The van der Waals surface area contributed by atoms with Gasteiger partial charge in [0.1, 0.15) is 12.7 Å². The number of hydrogen-bond donors (Lipinski definition) is 3. The monoisotopic (exact) mass is 708 g/mol. The Morgan fingerprint density at radius 2 is 0.896 bits per heavy atom. The minimum Gasteiger partial charge on any atom is -0.462 e. The summed E-state index contributed by atoms with van der Waals surface area (Å²) < 4.78 is 32.2. The van der Waals surface area contributed by atoms with Crippen LogP contribution in [0, 0.1) is 0 Å². The lowest BCUT2D eigenvalue weighted by atomic mass is 10.0. The molecule has 0 amide bonds. The number of aliphatic hydroxyl groups is 2. The van der Waals surface area contributed by atoms with Crippen LogP contribution in [0.4, 0.5) is 0 Å². The highest BCUT2D eigenvalue weighted by Gasteiger charge is 2.27. The second kappa shape index (κ2) is 34.4. The van der Waals surface area contributed by atoms with Gasteiger partial charge in [0, 0.05) is 12.8 Å². The molecule has 0 radical (unpaired) electrons. The number of ether oxygens (including phenoxy) is 2. The Balaban J connectivity index is 3.94. The fraction of sp³-hybridized carbons (Fsp3) is 0.946. The predicted molar refractivity (Wildman–Crippen MR) is 192 cm³/mol. The number of unbranched alkanes of at least 4 members (excludes halogenated alkanes) is 23. The predicted octanol–water partition coefficient (Wildman–Crippen LogP) is 9.50. The van der Waals surface area contributed by atoms with E-state index in [2.05, 4.69) is 11.4 Å². The van der Waals surface area contributed by atoms with Gasteiger partial charge in [0.05, 0.1) is 19.8 Å². The Labute approximate surface area is 293 Å². The summed E-state index contributed by atoms with van der Waals surface area (Å²) in [6.45, 7) is 2.20. The van der Waals surface area contributed by atoms with E-state index in [1.165, 1.54) is 116 Å². The number of aliphatic hydroxyl groups excluding tert-OH is 2. The van der Waals surface area contributed by atoms with Crippen molar-refractivity contribution in [2.24, 2.45) is 0 Å². The second-order valence-electron chi connectivity index (χ2n) is 13.3. The SMILES string of the molecule is CCCCCCCCCCCCCCCCCCCCCCCCC(=O)OC(COC(=O)CCCCC)COP(=O)(O)OCC(O)CO. The molecule has 3 atom stereocenters. The average Bonchev–Trinajstić information content (AvgIpc) is 3.07. The largest absolute Gasteiger partial charge is 0.472 e. The standard InChI is InChI=1S/C37H73O10P/c1-3-5-7-8-9-10-11-12-13-14-15-16-17-18-19-20-21-22-23-24-25-27-29-37(41)47-35(32-44-36(40)28-26-6-4-2)33-46-48(42,43)45-31-34(39)30-38/h34-35,38-39H,3-33H2,1-2H3,(H,42,43). The molecule has 0 saturated carbocycles. The molecule has 0 aliphatic carbocycles. The van der Waals surface area contributed by atoms with Gasteiger partial charge in [-0.2, -0.15) is 0 Å². The number of carbonyl (C=O) groups is 2. The summed E-state index contributed by atoms with van der Waals surface area (Å²) >= 11 is 0. The number of hydrogen-bond acceptors (Lipinski definition) is 9. The summed E-state index contributed by atoms with van der Waals surface area (Å²) in [6, 6.07) is 0. The van der Waals surface area contributed by atoms with Gasteiger partial charge in [-0.15, -0.1) is 0 Å². The van der Waals surface area contributed by atoms with Crippen LogP contribution in [0.1, 0.15) is 187 Å². The molecule has 48 heavy (non-hydrogen) atoms. The van der Waals surface area contributed by atoms with E-state index in [0.717, 1.165) is 32.1 Å².